The van der Waals surface area contributed by atoms with E-state index in [-0.39, 0.29) is 18.3 Å². The minimum Gasteiger partial charge on any atom is -0.484 e. The van der Waals surface area contributed by atoms with E-state index in [9.17, 15) is 4.79 Å². The monoisotopic (exact) mass is 288 g/mol. The van der Waals surface area contributed by atoms with Crippen LogP contribution in [0.15, 0.2) is 22.7 Å². The maximum Gasteiger partial charge on any atom is 0.173 e. The van der Waals surface area contributed by atoms with E-state index in [1.54, 1.807) is 12.1 Å². The van der Waals surface area contributed by atoms with Gasteiger partial charge in [0.05, 0.1) is 5.02 Å². The van der Waals surface area contributed by atoms with Crippen LogP contribution in [-0.2, 0) is 4.79 Å². The number of carbonyl (C=O) groups excluding carboxylic acids is 1. The highest BCUT2D eigenvalue weighted by Gasteiger charge is 2.29. The van der Waals surface area contributed by atoms with Gasteiger partial charge in [-0.15, -0.1) is 0 Å². The summed E-state index contributed by atoms with van der Waals surface area (Å²) in [6, 6.07) is 5.34. The SMILES string of the molecule is O=C(COc1ccc(Br)cc1Cl)C1CC1. The topological polar surface area (TPSA) is 26.3 Å². The minimum atomic E-state index is 0.131. The third-order valence-corrected chi connectivity index (χ3v) is 3.09. The van der Waals surface area contributed by atoms with E-state index >= 15 is 0 Å². The van der Waals surface area contributed by atoms with Gasteiger partial charge in [-0.1, -0.05) is 27.5 Å². The van der Waals surface area contributed by atoms with Gasteiger partial charge in [-0.25, -0.2) is 0 Å². The number of halogens is 2. The summed E-state index contributed by atoms with van der Waals surface area (Å²) in [6.07, 6.45) is 2.02. The van der Waals surface area contributed by atoms with Crippen LogP contribution in [0.25, 0.3) is 0 Å². The van der Waals surface area contributed by atoms with Crippen molar-refractivity contribution >= 4 is 33.3 Å². The Morgan fingerprint density at radius 1 is 1.53 bits per heavy atom. The van der Waals surface area contributed by atoms with E-state index < -0.39 is 0 Å². The summed E-state index contributed by atoms with van der Waals surface area (Å²) < 4.78 is 6.25. The molecule has 0 aromatic heterocycles. The molecular weight excluding hydrogens is 279 g/mol. The lowest BCUT2D eigenvalue weighted by molar-refractivity contribution is -0.122. The predicted molar refractivity (Wildman–Crippen MR) is 62.4 cm³/mol. The molecule has 0 radical (unpaired) electrons. The Bertz CT molecular complexity index is 388. The summed E-state index contributed by atoms with van der Waals surface area (Å²) in [5.41, 5.74) is 0. The van der Waals surface area contributed by atoms with E-state index in [1.165, 1.54) is 0 Å². The third kappa shape index (κ3) is 2.95. The molecule has 0 N–H and O–H groups in total. The van der Waals surface area contributed by atoms with Crippen LogP contribution in [0.2, 0.25) is 5.02 Å². The Labute approximate surface area is 102 Å². The fourth-order valence-corrected chi connectivity index (χ4v) is 1.99. The maximum atomic E-state index is 11.4. The quantitative estimate of drug-likeness (QED) is 0.848. The summed E-state index contributed by atoms with van der Waals surface area (Å²) in [6.45, 7) is 0.131. The first kappa shape index (κ1) is 11.0. The lowest BCUT2D eigenvalue weighted by Crippen LogP contribution is -2.12. The Balaban J connectivity index is 1.95. The van der Waals surface area contributed by atoms with Crippen molar-refractivity contribution in [1.82, 2.24) is 0 Å². The number of ether oxygens (including phenoxy) is 1. The molecule has 0 aliphatic heterocycles. The largest absolute Gasteiger partial charge is 0.484 e. The van der Waals surface area contributed by atoms with Crippen LogP contribution in [0.5, 0.6) is 5.75 Å². The molecule has 0 heterocycles. The molecule has 1 saturated carbocycles. The summed E-state index contributed by atoms with van der Waals surface area (Å²) in [5, 5.41) is 0.521. The molecule has 0 spiro atoms. The zero-order valence-corrected chi connectivity index (χ0v) is 10.3. The Hall–Kier alpha value is -0.540. The van der Waals surface area contributed by atoms with Gasteiger partial charge in [0, 0.05) is 10.4 Å². The summed E-state index contributed by atoms with van der Waals surface area (Å²) >= 11 is 9.24. The van der Waals surface area contributed by atoms with Gasteiger partial charge in [-0.2, -0.15) is 0 Å². The van der Waals surface area contributed by atoms with E-state index in [2.05, 4.69) is 15.9 Å². The van der Waals surface area contributed by atoms with Crippen molar-refractivity contribution in [2.24, 2.45) is 5.92 Å². The van der Waals surface area contributed by atoms with Gasteiger partial charge >= 0.3 is 0 Å². The average molecular weight is 290 g/mol. The first-order chi connectivity index (χ1) is 7.16. The van der Waals surface area contributed by atoms with E-state index in [0.29, 0.717) is 10.8 Å². The molecule has 0 bridgehead atoms. The van der Waals surface area contributed by atoms with Crippen LogP contribution in [0.1, 0.15) is 12.8 Å². The normalized spacial score (nSPS) is 15.1. The number of rotatable bonds is 4. The molecule has 15 heavy (non-hydrogen) atoms. The van der Waals surface area contributed by atoms with Crippen LogP contribution in [0.4, 0.5) is 0 Å². The molecule has 1 fully saturated rings. The molecule has 80 valence electrons. The van der Waals surface area contributed by atoms with Gasteiger partial charge in [0.25, 0.3) is 0 Å². The highest BCUT2D eigenvalue weighted by Crippen LogP contribution is 2.31. The zero-order valence-electron chi connectivity index (χ0n) is 8.00. The van der Waals surface area contributed by atoms with E-state index in [1.807, 2.05) is 6.07 Å². The maximum absolute atomic E-state index is 11.4. The van der Waals surface area contributed by atoms with Crippen molar-refractivity contribution in [2.75, 3.05) is 6.61 Å². The van der Waals surface area contributed by atoms with Crippen molar-refractivity contribution < 1.29 is 9.53 Å². The van der Waals surface area contributed by atoms with Crippen LogP contribution in [-0.4, -0.2) is 12.4 Å². The Morgan fingerprint density at radius 2 is 2.27 bits per heavy atom. The lowest BCUT2D eigenvalue weighted by atomic mass is 10.3. The van der Waals surface area contributed by atoms with Crippen LogP contribution in [0, 0.1) is 5.92 Å². The van der Waals surface area contributed by atoms with Crippen LogP contribution in [0.3, 0.4) is 0 Å². The molecule has 0 amide bonds. The molecule has 0 saturated heterocycles. The molecule has 2 nitrogen and oxygen atoms in total. The molecule has 1 aliphatic rings. The number of hydrogen-bond acceptors (Lipinski definition) is 2. The van der Waals surface area contributed by atoms with E-state index in [0.717, 1.165) is 17.3 Å². The number of ketones is 1. The van der Waals surface area contributed by atoms with Gasteiger partial charge in [-0.3, -0.25) is 4.79 Å². The van der Waals surface area contributed by atoms with Crippen LogP contribution < -0.4 is 4.74 Å². The van der Waals surface area contributed by atoms with Crippen molar-refractivity contribution in [3.8, 4) is 5.75 Å². The molecule has 4 heteroatoms. The summed E-state index contributed by atoms with van der Waals surface area (Å²) in [4.78, 5) is 11.4. The van der Waals surface area contributed by atoms with Gasteiger partial charge in [-0.05, 0) is 31.0 Å². The second-order valence-corrected chi connectivity index (χ2v) is 4.93. The molecular formula is C11H10BrClO2. The third-order valence-electron chi connectivity index (χ3n) is 2.30. The van der Waals surface area contributed by atoms with Crippen molar-refractivity contribution in [2.45, 2.75) is 12.8 Å². The summed E-state index contributed by atoms with van der Waals surface area (Å²) in [5.74, 6) is 0.974. The van der Waals surface area contributed by atoms with Gasteiger partial charge < -0.3 is 4.74 Å². The second kappa shape index (κ2) is 4.54. The minimum absolute atomic E-state index is 0.131. The van der Waals surface area contributed by atoms with Gasteiger partial charge in [0.1, 0.15) is 12.4 Å². The lowest BCUT2D eigenvalue weighted by Gasteiger charge is -2.06. The second-order valence-electron chi connectivity index (χ2n) is 3.60. The smallest absolute Gasteiger partial charge is 0.173 e. The van der Waals surface area contributed by atoms with Gasteiger partial charge in [0.2, 0.25) is 0 Å². The molecule has 0 unspecified atom stereocenters. The Morgan fingerprint density at radius 3 is 2.87 bits per heavy atom. The molecule has 2 rings (SSSR count). The van der Waals surface area contributed by atoms with Crippen molar-refractivity contribution in [3.05, 3.63) is 27.7 Å². The van der Waals surface area contributed by atoms with Crippen molar-refractivity contribution in [3.63, 3.8) is 0 Å². The molecule has 0 atom stereocenters. The molecule has 1 aliphatic carbocycles. The fraction of sp³-hybridized carbons (Fsp3) is 0.364. The molecule has 1 aromatic carbocycles. The number of carbonyl (C=O) groups is 1. The zero-order chi connectivity index (χ0) is 10.8. The highest BCUT2D eigenvalue weighted by atomic mass is 79.9. The first-order valence-electron chi connectivity index (χ1n) is 4.77. The van der Waals surface area contributed by atoms with Gasteiger partial charge in [0.15, 0.2) is 5.78 Å². The molecule has 1 aromatic rings. The predicted octanol–water partition coefficient (Wildman–Crippen LogP) is 3.46. The van der Waals surface area contributed by atoms with E-state index in [4.69, 9.17) is 16.3 Å². The Kier molecular flexibility index (Phi) is 3.32. The number of Topliss-reactive ketones (excluding diaryl/α,β-unsaturated/α-hetero) is 1. The van der Waals surface area contributed by atoms with Crippen LogP contribution >= 0.6 is 27.5 Å². The standard InChI is InChI=1S/C11H10BrClO2/c12-8-3-4-11(9(13)5-8)15-6-10(14)7-1-2-7/h3-5,7H,1-2,6H2. The number of hydrogen-bond donors (Lipinski definition) is 0. The van der Waals surface area contributed by atoms with Crippen molar-refractivity contribution in [1.29, 1.82) is 0 Å². The highest BCUT2D eigenvalue weighted by molar-refractivity contribution is 9.10. The number of benzene rings is 1. The first-order valence-corrected chi connectivity index (χ1v) is 5.94. The summed E-state index contributed by atoms with van der Waals surface area (Å²) in [7, 11) is 0. The average Bonchev–Trinajstić information content (AvgIpc) is 2.99. The fourth-order valence-electron chi connectivity index (χ4n) is 1.26.